The Morgan fingerprint density at radius 3 is 2.23 bits per heavy atom. The summed E-state index contributed by atoms with van der Waals surface area (Å²) in [6.45, 7) is -0.989. The van der Waals surface area contributed by atoms with Gasteiger partial charge < -0.3 is 15.0 Å². The minimum atomic E-state index is -4.37. The standard InChI is InChI=1S/C37H39ClFN3O5S/c1-47-35-22-21-29(38)24-33(35)42(48(45,46)31-18-9-4-10-19-31)26-36(43)41(25-28-15-11-12-20-32(28)39)34(23-27-13-5-2-6-14-27)37(44)40-30-16-7-3-8-17-30/h2,4-6,9-15,18-22,24,30,34H,3,7-8,16-17,23,25-26H2,1H3,(H,40,44). The maximum atomic E-state index is 15.2. The van der Waals surface area contributed by atoms with Crippen molar-refractivity contribution in [3.8, 4) is 5.75 Å². The summed E-state index contributed by atoms with van der Waals surface area (Å²) in [6.07, 6.45) is 4.84. The molecule has 1 fully saturated rings. The summed E-state index contributed by atoms with van der Waals surface area (Å²) in [7, 11) is -2.98. The second-order valence-corrected chi connectivity index (χ2v) is 14.1. The van der Waals surface area contributed by atoms with Crippen LogP contribution in [0.25, 0.3) is 0 Å². The molecule has 1 unspecified atom stereocenters. The first kappa shape index (κ1) is 34.9. The molecule has 0 radical (unpaired) electrons. The molecule has 8 nitrogen and oxygen atoms in total. The normalized spacial score (nSPS) is 14.1. The maximum absolute atomic E-state index is 15.2. The number of rotatable bonds is 13. The average Bonchev–Trinajstić information content (AvgIpc) is 3.10. The summed E-state index contributed by atoms with van der Waals surface area (Å²) >= 11 is 6.35. The summed E-state index contributed by atoms with van der Waals surface area (Å²) < 4.78 is 50.1. The molecule has 1 aliphatic carbocycles. The molecule has 0 spiro atoms. The van der Waals surface area contributed by atoms with Gasteiger partial charge in [-0.05, 0) is 54.8 Å². The number of carbonyl (C=O) groups excluding carboxylic acids is 2. The lowest BCUT2D eigenvalue weighted by Gasteiger charge is -2.35. The first-order valence-electron chi connectivity index (χ1n) is 16.0. The number of nitrogens with one attached hydrogen (secondary N) is 1. The minimum absolute atomic E-state index is 0.0410. The van der Waals surface area contributed by atoms with Gasteiger partial charge in [0, 0.05) is 29.6 Å². The van der Waals surface area contributed by atoms with Gasteiger partial charge in [-0.25, -0.2) is 12.8 Å². The van der Waals surface area contributed by atoms with Crippen LogP contribution in [0.1, 0.15) is 43.2 Å². The Balaban J connectivity index is 1.60. The van der Waals surface area contributed by atoms with E-state index in [0.717, 1.165) is 42.0 Å². The number of methoxy groups -OCH3 is 1. The Labute approximate surface area is 286 Å². The predicted molar refractivity (Wildman–Crippen MR) is 185 cm³/mol. The van der Waals surface area contributed by atoms with Crippen molar-refractivity contribution in [2.45, 2.75) is 62.0 Å². The SMILES string of the molecule is COc1ccc(Cl)cc1N(CC(=O)N(Cc1ccccc1F)C(Cc1ccccc1)C(=O)NC1CCCCC1)S(=O)(=O)c1ccccc1. The number of hydrogen-bond donors (Lipinski definition) is 1. The molecule has 0 saturated heterocycles. The molecule has 4 aromatic rings. The molecule has 1 saturated carbocycles. The van der Waals surface area contributed by atoms with Crippen LogP contribution in [-0.2, 0) is 32.6 Å². The van der Waals surface area contributed by atoms with E-state index in [-0.39, 0.29) is 51.8 Å². The van der Waals surface area contributed by atoms with E-state index in [9.17, 15) is 18.0 Å². The molecule has 48 heavy (non-hydrogen) atoms. The van der Waals surface area contributed by atoms with E-state index >= 15 is 4.39 Å². The summed E-state index contributed by atoms with van der Waals surface area (Å²) in [5.74, 6) is -1.47. The summed E-state index contributed by atoms with van der Waals surface area (Å²) in [4.78, 5) is 30.1. The Morgan fingerprint density at radius 1 is 0.917 bits per heavy atom. The van der Waals surface area contributed by atoms with Crippen molar-refractivity contribution in [1.29, 1.82) is 0 Å². The van der Waals surface area contributed by atoms with Crippen LogP contribution in [0.3, 0.4) is 0 Å². The van der Waals surface area contributed by atoms with Gasteiger partial charge in [0.15, 0.2) is 0 Å². The van der Waals surface area contributed by atoms with Crippen molar-refractivity contribution >= 4 is 39.1 Å². The summed E-state index contributed by atoms with van der Waals surface area (Å²) in [6, 6.07) is 26.3. The molecule has 0 aliphatic heterocycles. The van der Waals surface area contributed by atoms with Gasteiger partial charge in [0.25, 0.3) is 10.0 Å². The molecule has 5 rings (SSSR count). The van der Waals surface area contributed by atoms with E-state index in [1.807, 2.05) is 30.3 Å². The quantitative estimate of drug-likeness (QED) is 0.167. The molecule has 0 aromatic heterocycles. The zero-order valence-corrected chi connectivity index (χ0v) is 28.3. The lowest BCUT2D eigenvalue weighted by atomic mass is 9.94. The number of sulfonamides is 1. The number of halogens is 2. The highest BCUT2D eigenvalue weighted by Gasteiger charge is 2.36. The second-order valence-electron chi connectivity index (χ2n) is 11.8. The Morgan fingerprint density at radius 2 is 1.56 bits per heavy atom. The van der Waals surface area contributed by atoms with E-state index in [0.29, 0.717) is 0 Å². The zero-order chi connectivity index (χ0) is 34.1. The van der Waals surface area contributed by atoms with Crippen LogP contribution in [0.2, 0.25) is 5.02 Å². The van der Waals surface area contributed by atoms with Gasteiger partial charge in [-0.2, -0.15) is 0 Å². The first-order valence-corrected chi connectivity index (χ1v) is 17.8. The molecule has 0 bridgehead atoms. The highest BCUT2D eigenvalue weighted by atomic mass is 35.5. The molecule has 1 N–H and O–H groups in total. The summed E-state index contributed by atoms with van der Waals surface area (Å²) in [5.41, 5.74) is 1.02. The molecule has 2 amide bonds. The number of carbonyl (C=O) groups is 2. The smallest absolute Gasteiger partial charge is 0.264 e. The third-order valence-corrected chi connectivity index (χ3v) is 10.5. The number of hydrogen-bond acceptors (Lipinski definition) is 5. The third-order valence-electron chi connectivity index (χ3n) is 8.54. The molecule has 1 aliphatic rings. The van der Waals surface area contributed by atoms with Gasteiger partial charge in [-0.3, -0.25) is 13.9 Å². The Bertz CT molecular complexity index is 1800. The van der Waals surface area contributed by atoms with Crippen LogP contribution in [0.15, 0.2) is 108 Å². The molecular formula is C37H39ClFN3O5S. The molecule has 252 valence electrons. The van der Waals surface area contributed by atoms with Gasteiger partial charge in [-0.1, -0.05) is 97.6 Å². The topological polar surface area (TPSA) is 96.0 Å². The van der Waals surface area contributed by atoms with Crippen molar-refractivity contribution in [2.24, 2.45) is 0 Å². The van der Waals surface area contributed by atoms with E-state index in [1.54, 1.807) is 42.5 Å². The van der Waals surface area contributed by atoms with Crippen LogP contribution in [0.5, 0.6) is 5.75 Å². The number of anilines is 1. The van der Waals surface area contributed by atoms with Crippen LogP contribution < -0.4 is 14.4 Å². The fraction of sp³-hybridized carbons (Fsp3) is 0.297. The molecule has 11 heteroatoms. The average molecular weight is 692 g/mol. The summed E-state index contributed by atoms with van der Waals surface area (Å²) in [5, 5.41) is 3.37. The zero-order valence-electron chi connectivity index (χ0n) is 26.7. The fourth-order valence-electron chi connectivity index (χ4n) is 6.00. The number of amides is 2. The van der Waals surface area contributed by atoms with Crippen molar-refractivity contribution in [3.05, 3.63) is 125 Å². The number of nitrogens with zero attached hydrogens (tertiary/aromatic N) is 2. The Kier molecular flexibility index (Phi) is 11.7. The monoisotopic (exact) mass is 691 g/mol. The van der Waals surface area contributed by atoms with Crippen LogP contribution in [-0.4, -0.2) is 50.9 Å². The van der Waals surface area contributed by atoms with Crippen LogP contribution in [0.4, 0.5) is 10.1 Å². The third kappa shape index (κ3) is 8.54. The highest BCUT2D eigenvalue weighted by Crippen LogP contribution is 2.35. The van der Waals surface area contributed by atoms with Crippen molar-refractivity contribution in [3.63, 3.8) is 0 Å². The first-order chi connectivity index (χ1) is 23.2. The van der Waals surface area contributed by atoms with Gasteiger partial charge in [0.05, 0.1) is 17.7 Å². The van der Waals surface area contributed by atoms with E-state index < -0.39 is 34.3 Å². The molecule has 4 aromatic carbocycles. The number of benzene rings is 4. The van der Waals surface area contributed by atoms with Crippen LogP contribution >= 0.6 is 11.6 Å². The van der Waals surface area contributed by atoms with Gasteiger partial charge in [0.2, 0.25) is 11.8 Å². The van der Waals surface area contributed by atoms with Crippen LogP contribution in [0, 0.1) is 5.82 Å². The van der Waals surface area contributed by atoms with E-state index in [1.165, 1.54) is 42.3 Å². The molecule has 1 atom stereocenters. The van der Waals surface area contributed by atoms with Gasteiger partial charge in [0.1, 0.15) is 24.2 Å². The lowest BCUT2D eigenvalue weighted by molar-refractivity contribution is -0.140. The fourth-order valence-corrected chi connectivity index (χ4v) is 7.60. The van der Waals surface area contributed by atoms with E-state index in [2.05, 4.69) is 5.32 Å². The van der Waals surface area contributed by atoms with Gasteiger partial charge in [-0.15, -0.1) is 0 Å². The lowest BCUT2D eigenvalue weighted by Crippen LogP contribution is -2.55. The van der Waals surface area contributed by atoms with Crippen molar-refractivity contribution < 1.29 is 27.1 Å². The largest absolute Gasteiger partial charge is 0.495 e. The maximum Gasteiger partial charge on any atom is 0.264 e. The Hall–Kier alpha value is -4.41. The van der Waals surface area contributed by atoms with Gasteiger partial charge >= 0.3 is 0 Å². The van der Waals surface area contributed by atoms with Crippen molar-refractivity contribution in [1.82, 2.24) is 10.2 Å². The minimum Gasteiger partial charge on any atom is -0.495 e. The van der Waals surface area contributed by atoms with Crippen molar-refractivity contribution in [2.75, 3.05) is 18.0 Å². The highest BCUT2D eigenvalue weighted by molar-refractivity contribution is 7.92. The van der Waals surface area contributed by atoms with E-state index in [4.69, 9.17) is 16.3 Å². The second kappa shape index (κ2) is 16.1. The molecule has 0 heterocycles. The number of ether oxygens (including phenoxy) is 1. The molecular weight excluding hydrogens is 653 g/mol. The predicted octanol–water partition coefficient (Wildman–Crippen LogP) is 6.77.